The van der Waals surface area contributed by atoms with Gasteiger partial charge in [-0.1, -0.05) is 5.11 Å². The van der Waals surface area contributed by atoms with Gasteiger partial charge in [0, 0.05) is 17.0 Å². The lowest BCUT2D eigenvalue weighted by atomic mass is 10.1. The first-order chi connectivity index (χ1) is 10.1. The minimum Gasteiger partial charge on any atom is -0.508 e. The largest absolute Gasteiger partial charge is 0.508 e. The van der Waals surface area contributed by atoms with Crippen molar-refractivity contribution in [2.24, 2.45) is 5.11 Å². The molecule has 1 rings (SSSR count). The molecule has 114 valence electrons. The fourth-order valence-corrected chi connectivity index (χ4v) is 1.74. The number of carbonyl (C=O) groups excluding carboxylic acids is 1. The SMILES string of the molecule is CCOC(=O)C(NCCCN=[N+]=[N-])c1cc(F)ccc1O. The second kappa shape index (κ2) is 8.78. The van der Waals surface area contributed by atoms with Gasteiger partial charge in [-0.05, 0) is 43.6 Å². The van der Waals surface area contributed by atoms with Gasteiger partial charge in [0.1, 0.15) is 17.6 Å². The monoisotopic (exact) mass is 296 g/mol. The highest BCUT2D eigenvalue weighted by molar-refractivity contribution is 5.78. The predicted octanol–water partition coefficient (Wildman–Crippen LogP) is 2.43. The number of azide groups is 1. The summed E-state index contributed by atoms with van der Waals surface area (Å²) >= 11 is 0. The number of hydrogen-bond donors (Lipinski definition) is 2. The number of phenolic OH excluding ortho intramolecular Hbond substituents is 1. The molecule has 2 N–H and O–H groups in total. The van der Waals surface area contributed by atoms with Crippen molar-refractivity contribution in [3.05, 3.63) is 40.0 Å². The third-order valence-corrected chi connectivity index (χ3v) is 2.67. The Bertz CT molecular complexity index is 532. The first-order valence-corrected chi connectivity index (χ1v) is 6.49. The van der Waals surface area contributed by atoms with E-state index in [0.29, 0.717) is 13.0 Å². The number of hydrogen-bond acceptors (Lipinski definition) is 5. The third kappa shape index (κ3) is 5.29. The van der Waals surface area contributed by atoms with Crippen LogP contribution in [0.5, 0.6) is 5.75 Å². The van der Waals surface area contributed by atoms with E-state index >= 15 is 0 Å². The molecule has 0 aliphatic heterocycles. The third-order valence-electron chi connectivity index (χ3n) is 2.67. The van der Waals surface area contributed by atoms with E-state index in [1.54, 1.807) is 6.92 Å². The molecule has 1 aromatic carbocycles. The molecule has 0 bridgehead atoms. The molecule has 0 aliphatic rings. The van der Waals surface area contributed by atoms with E-state index < -0.39 is 17.8 Å². The van der Waals surface area contributed by atoms with E-state index in [1.807, 2.05) is 0 Å². The Balaban J connectivity index is 2.83. The molecule has 0 saturated carbocycles. The molecule has 0 amide bonds. The Hall–Kier alpha value is -2.31. The quantitative estimate of drug-likeness (QED) is 0.252. The Morgan fingerprint density at radius 2 is 2.38 bits per heavy atom. The zero-order chi connectivity index (χ0) is 15.7. The average molecular weight is 296 g/mol. The highest BCUT2D eigenvalue weighted by Gasteiger charge is 2.24. The maximum absolute atomic E-state index is 13.3. The fraction of sp³-hybridized carbons (Fsp3) is 0.462. The van der Waals surface area contributed by atoms with Crippen molar-refractivity contribution in [3.8, 4) is 5.75 Å². The maximum Gasteiger partial charge on any atom is 0.327 e. The summed E-state index contributed by atoms with van der Waals surface area (Å²) < 4.78 is 18.2. The van der Waals surface area contributed by atoms with E-state index in [4.69, 9.17) is 10.3 Å². The molecule has 0 heterocycles. The zero-order valence-electron chi connectivity index (χ0n) is 11.6. The lowest BCUT2D eigenvalue weighted by Crippen LogP contribution is -2.31. The van der Waals surface area contributed by atoms with Crippen LogP contribution < -0.4 is 5.32 Å². The summed E-state index contributed by atoms with van der Waals surface area (Å²) in [4.78, 5) is 14.5. The van der Waals surface area contributed by atoms with Gasteiger partial charge < -0.3 is 15.2 Å². The standard InChI is InChI=1S/C13H17FN4O3/c1-2-21-13(20)12(16-6-3-7-17-18-15)10-8-9(14)4-5-11(10)19/h4-5,8,12,16,19H,2-3,6-7H2,1H3. The molecule has 21 heavy (non-hydrogen) atoms. The minimum absolute atomic E-state index is 0.109. The van der Waals surface area contributed by atoms with Crippen molar-refractivity contribution >= 4 is 5.97 Å². The number of ether oxygens (including phenoxy) is 1. The summed E-state index contributed by atoms with van der Waals surface area (Å²) in [5, 5.41) is 16.0. The van der Waals surface area contributed by atoms with E-state index in [0.717, 1.165) is 12.1 Å². The van der Waals surface area contributed by atoms with Crippen molar-refractivity contribution in [3.63, 3.8) is 0 Å². The van der Waals surface area contributed by atoms with Crippen molar-refractivity contribution in [2.75, 3.05) is 19.7 Å². The summed E-state index contributed by atoms with van der Waals surface area (Å²) in [5.74, 6) is -1.37. The van der Waals surface area contributed by atoms with Crippen LogP contribution in [0.4, 0.5) is 4.39 Å². The van der Waals surface area contributed by atoms with E-state index in [2.05, 4.69) is 15.3 Å². The number of esters is 1. The number of carbonyl (C=O) groups is 1. The number of aromatic hydroxyl groups is 1. The molecular weight excluding hydrogens is 279 g/mol. The van der Waals surface area contributed by atoms with Crippen LogP contribution in [-0.2, 0) is 9.53 Å². The summed E-state index contributed by atoms with van der Waals surface area (Å²) in [6.45, 7) is 2.44. The number of phenols is 1. The van der Waals surface area contributed by atoms with E-state index in [-0.39, 0.29) is 24.5 Å². The van der Waals surface area contributed by atoms with Crippen molar-refractivity contribution in [1.29, 1.82) is 0 Å². The maximum atomic E-state index is 13.3. The molecule has 0 aromatic heterocycles. The number of nitrogens with zero attached hydrogens (tertiary/aromatic N) is 3. The molecule has 0 saturated heterocycles. The Kier molecular flexibility index (Phi) is 7.00. The Morgan fingerprint density at radius 1 is 1.62 bits per heavy atom. The van der Waals surface area contributed by atoms with Gasteiger partial charge in [-0.2, -0.15) is 0 Å². The highest BCUT2D eigenvalue weighted by Crippen LogP contribution is 2.26. The Morgan fingerprint density at radius 3 is 3.05 bits per heavy atom. The molecule has 0 aliphatic carbocycles. The lowest BCUT2D eigenvalue weighted by molar-refractivity contribution is -0.145. The van der Waals surface area contributed by atoms with Crippen LogP contribution in [0.2, 0.25) is 0 Å². The molecule has 1 atom stereocenters. The minimum atomic E-state index is -0.980. The second-order valence-corrected chi connectivity index (χ2v) is 4.15. The summed E-state index contributed by atoms with van der Waals surface area (Å²) in [6, 6.07) is 2.38. The summed E-state index contributed by atoms with van der Waals surface area (Å²) in [7, 11) is 0. The second-order valence-electron chi connectivity index (χ2n) is 4.15. The number of benzene rings is 1. The molecule has 0 spiro atoms. The van der Waals surface area contributed by atoms with Gasteiger partial charge in [0.15, 0.2) is 0 Å². The first-order valence-electron chi connectivity index (χ1n) is 6.49. The van der Waals surface area contributed by atoms with Crippen LogP contribution >= 0.6 is 0 Å². The van der Waals surface area contributed by atoms with E-state index in [9.17, 15) is 14.3 Å². The topological polar surface area (TPSA) is 107 Å². The summed E-state index contributed by atoms with van der Waals surface area (Å²) in [5.41, 5.74) is 8.28. The normalized spacial score (nSPS) is 11.5. The van der Waals surface area contributed by atoms with Crippen LogP contribution in [0.25, 0.3) is 10.4 Å². The summed E-state index contributed by atoms with van der Waals surface area (Å²) in [6.07, 6.45) is 0.496. The van der Waals surface area contributed by atoms with Crippen LogP contribution in [0.15, 0.2) is 23.3 Å². The van der Waals surface area contributed by atoms with Crippen LogP contribution in [0.3, 0.4) is 0 Å². The van der Waals surface area contributed by atoms with Crippen molar-refractivity contribution in [2.45, 2.75) is 19.4 Å². The fourth-order valence-electron chi connectivity index (χ4n) is 1.74. The first kappa shape index (κ1) is 16.7. The Labute approximate surface area is 121 Å². The average Bonchev–Trinajstić information content (AvgIpc) is 2.46. The van der Waals surface area contributed by atoms with Crippen LogP contribution in [0, 0.1) is 5.82 Å². The van der Waals surface area contributed by atoms with E-state index in [1.165, 1.54) is 6.07 Å². The molecule has 1 unspecified atom stereocenters. The number of nitrogens with one attached hydrogen (secondary N) is 1. The van der Waals surface area contributed by atoms with Gasteiger partial charge in [0.2, 0.25) is 0 Å². The molecular formula is C13H17FN4O3. The molecule has 8 heteroatoms. The predicted molar refractivity (Wildman–Crippen MR) is 74.1 cm³/mol. The van der Waals surface area contributed by atoms with Gasteiger partial charge in [0.05, 0.1) is 6.61 Å². The number of halogens is 1. The van der Waals surface area contributed by atoms with Crippen LogP contribution in [0.1, 0.15) is 24.9 Å². The van der Waals surface area contributed by atoms with Gasteiger partial charge in [0.25, 0.3) is 0 Å². The molecule has 0 radical (unpaired) electrons. The highest BCUT2D eigenvalue weighted by atomic mass is 19.1. The smallest absolute Gasteiger partial charge is 0.327 e. The molecule has 7 nitrogen and oxygen atoms in total. The van der Waals surface area contributed by atoms with Gasteiger partial charge in [-0.3, -0.25) is 0 Å². The van der Waals surface area contributed by atoms with Gasteiger partial charge in [-0.15, -0.1) is 0 Å². The molecule has 0 fully saturated rings. The zero-order valence-corrected chi connectivity index (χ0v) is 11.6. The van der Waals surface area contributed by atoms with Gasteiger partial charge in [-0.25, -0.2) is 9.18 Å². The number of rotatable bonds is 8. The lowest BCUT2D eigenvalue weighted by Gasteiger charge is -2.18. The van der Waals surface area contributed by atoms with Crippen LogP contribution in [-0.4, -0.2) is 30.8 Å². The van der Waals surface area contributed by atoms with Crippen molar-refractivity contribution in [1.82, 2.24) is 5.32 Å². The van der Waals surface area contributed by atoms with Gasteiger partial charge >= 0.3 is 5.97 Å². The van der Waals surface area contributed by atoms with Crippen molar-refractivity contribution < 1.29 is 19.0 Å². The molecule has 1 aromatic rings.